The van der Waals surface area contributed by atoms with Gasteiger partial charge in [-0.2, -0.15) is 0 Å². The molecule has 0 aliphatic heterocycles. The molecule has 0 fully saturated rings. The molecule has 0 radical (unpaired) electrons. The summed E-state index contributed by atoms with van der Waals surface area (Å²) in [6.45, 7) is 0. The van der Waals surface area contributed by atoms with Crippen molar-refractivity contribution < 1.29 is 9.60 Å². The van der Waals surface area contributed by atoms with E-state index in [0.29, 0.717) is 10.5 Å². The quantitative estimate of drug-likeness (QED) is 0.389. The van der Waals surface area contributed by atoms with Crippen molar-refractivity contribution in [2.75, 3.05) is 0 Å². The van der Waals surface area contributed by atoms with Crippen LogP contribution in [0.5, 0.6) is 0 Å². The fourth-order valence-corrected chi connectivity index (χ4v) is 2.96. The molecule has 17 heavy (non-hydrogen) atoms. The molecule has 0 unspecified atom stereocenters. The molecule has 1 heterocycles. The van der Waals surface area contributed by atoms with E-state index >= 15 is 0 Å². The minimum absolute atomic E-state index is 0.100. The van der Waals surface area contributed by atoms with Crippen molar-refractivity contribution in [1.29, 1.82) is 0 Å². The first-order chi connectivity index (χ1) is 8.20. The Bertz CT molecular complexity index is 540. The van der Waals surface area contributed by atoms with E-state index in [0.717, 1.165) is 4.21 Å². The second-order valence-corrected chi connectivity index (χ2v) is 5.45. The maximum absolute atomic E-state index is 13.7. The first-order valence-electron chi connectivity index (χ1n) is 4.69. The molecule has 0 aliphatic carbocycles. The van der Waals surface area contributed by atoms with Gasteiger partial charge in [-0.25, -0.2) is 4.39 Å². The van der Waals surface area contributed by atoms with E-state index in [4.69, 9.17) is 10.9 Å². The molecule has 1 aromatic carbocycles. The van der Waals surface area contributed by atoms with Gasteiger partial charge in [-0.1, -0.05) is 23.0 Å². The fraction of sp³-hybridized carbons (Fsp3) is 0. The number of hydrogen-bond acceptors (Lipinski definition) is 4. The van der Waals surface area contributed by atoms with Crippen LogP contribution in [-0.2, 0) is 0 Å². The molecule has 2 rings (SSSR count). The highest BCUT2D eigenvalue weighted by Gasteiger charge is 2.08. The van der Waals surface area contributed by atoms with Crippen LogP contribution in [0.4, 0.5) is 4.39 Å². The standard InChI is InChI=1S/C11H9FN2OS2/c12-8-6-7(11(13)14-15)3-4-9(8)17-10-2-1-5-16-10/h1-6,15H,(H2,13,14). The molecule has 0 bridgehead atoms. The second kappa shape index (κ2) is 5.20. The van der Waals surface area contributed by atoms with Crippen LogP contribution < -0.4 is 5.73 Å². The van der Waals surface area contributed by atoms with Gasteiger partial charge in [0, 0.05) is 10.5 Å². The number of nitrogens with zero attached hydrogens (tertiary/aromatic N) is 1. The maximum atomic E-state index is 13.7. The molecule has 88 valence electrons. The van der Waals surface area contributed by atoms with Gasteiger partial charge in [0.25, 0.3) is 0 Å². The van der Waals surface area contributed by atoms with Gasteiger partial charge in [-0.3, -0.25) is 0 Å². The predicted octanol–water partition coefficient (Wildman–Crippen LogP) is 3.13. The Morgan fingerprint density at radius 2 is 2.24 bits per heavy atom. The molecule has 0 spiro atoms. The summed E-state index contributed by atoms with van der Waals surface area (Å²) in [7, 11) is 0. The van der Waals surface area contributed by atoms with Gasteiger partial charge in [-0.05, 0) is 29.6 Å². The molecule has 3 nitrogen and oxygen atoms in total. The molecular weight excluding hydrogens is 259 g/mol. The van der Waals surface area contributed by atoms with Crippen LogP contribution in [0.2, 0.25) is 0 Å². The van der Waals surface area contributed by atoms with Gasteiger partial charge in [-0.15, -0.1) is 11.3 Å². The summed E-state index contributed by atoms with van der Waals surface area (Å²) in [5.41, 5.74) is 5.74. The molecule has 0 saturated carbocycles. The number of halogens is 1. The van der Waals surface area contributed by atoms with E-state index in [1.807, 2.05) is 17.5 Å². The normalized spacial score (nSPS) is 11.7. The molecule has 0 amide bonds. The Morgan fingerprint density at radius 3 is 2.82 bits per heavy atom. The lowest BCUT2D eigenvalue weighted by atomic mass is 10.2. The minimum Gasteiger partial charge on any atom is -0.409 e. The Morgan fingerprint density at radius 1 is 1.41 bits per heavy atom. The zero-order valence-electron chi connectivity index (χ0n) is 8.63. The highest BCUT2D eigenvalue weighted by molar-refractivity contribution is 8.01. The van der Waals surface area contributed by atoms with Gasteiger partial charge in [0.05, 0.1) is 4.21 Å². The third kappa shape index (κ3) is 2.78. The van der Waals surface area contributed by atoms with Gasteiger partial charge >= 0.3 is 0 Å². The number of rotatable bonds is 3. The summed E-state index contributed by atoms with van der Waals surface area (Å²) in [4.78, 5) is 0.516. The van der Waals surface area contributed by atoms with Crippen molar-refractivity contribution in [2.24, 2.45) is 10.9 Å². The van der Waals surface area contributed by atoms with Crippen LogP contribution in [0, 0.1) is 5.82 Å². The van der Waals surface area contributed by atoms with Crippen molar-refractivity contribution >= 4 is 28.9 Å². The van der Waals surface area contributed by atoms with Gasteiger partial charge in [0.1, 0.15) is 5.82 Å². The third-order valence-corrected chi connectivity index (χ3v) is 4.13. The molecule has 6 heteroatoms. The Balaban J connectivity index is 2.26. The predicted molar refractivity (Wildman–Crippen MR) is 67.4 cm³/mol. The zero-order valence-corrected chi connectivity index (χ0v) is 10.3. The maximum Gasteiger partial charge on any atom is 0.170 e. The molecule has 2 aromatic rings. The van der Waals surface area contributed by atoms with E-state index in [9.17, 15) is 4.39 Å². The van der Waals surface area contributed by atoms with Gasteiger partial charge in [0.15, 0.2) is 5.84 Å². The first-order valence-corrected chi connectivity index (χ1v) is 6.39. The van der Waals surface area contributed by atoms with Crippen molar-refractivity contribution in [3.05, 3.63) is 47.1 Å². The topological polar surface area (TPSA) is 58.6 Å². The van der Waals surface area contributed by atoms with Crippen LogP contribution in [0.1, 0.15) is 5.56 Å². The van der Waals surface area contributed by atoms with E-state index in [1.54, 1.807) is 23.5 Å². The lowest BCUT2D eigenvalue weighted by molar-refractivity contribution is 0.318. The fourth-order valence-electron chi connectivity index (χ4n) is 1.23. The molecule has 1 aromatic heterocycles. The monoisotopic (exact) mass is 268 g/mol. The lowest BCUT2D eigenvalue weighted by Gasteiger charge is -2.03. The SMILES string of the molecule is N/C(=N\O)c1ccc(Sc2cccs2)c(F)c1. The Kier molecular flexibility index (Phi) is 3.65. The van der Waals surface area contributed by atoms with E-state index in [1.165, 1.54) is 17.8 Å². The number of hydrogen-bond donors (Lipinski definition) is 2. The van der Waals surface area contributed by atoms with Gasteiger partial charge in [0.2, 0.25) is 0 Å². The van der Waals surface area contributed by atoms with Crippen LogP contribution in [0.3, 0.4) is 0 Å². The van der Waals surface area contributed by atoms with E-state index in [2.05, 4.69) is 5.16 Å². The van der Waals surface area contributed by atoms with Crippen molar-refractivity contribution in [2.45, 2.75) is 9.10 Å². The first kappa shape index (κ1) is 11.9. The summed E-state index contributed by atoms with van der Waals surface area (Å²) in [5, 5.41) is 13.3. The van der Waals surface area contributed by atoms with Crippen LogP contribution in [-0.4, -0.2) is 11.0 Å². The summed E-state index contributed by atoms with van der Waals surface area (Å²) in [5.74, 6) is -0.482. The van der Waals surface area contributed by atoms with Crippen LogP contribution in [0.15, 0.2) is 50.0 Å². The third-order valence-electron chi connectivity index (χ3n) is 2.04. The molecule has 0 atom stereocenters. The average molecular weight is 268 g/mol. The Labute approximate surface area is 106 Å². The van der Waals surface area contributed by atoms with Gasteiger partial charge < -0.3 is 10.9 Å². The Hall–Kier alpha value is -1.53. The number of nitrogens with two attached hydrogens (primary N) is 1. The summed E-state index contributed by atoms with van der Waals surface area (Å²) < 4.78 is 14.7. The molecule has 0 aliphatic rings. The second-order valence-electron chi connectivity index (χ2n) is 3.16. The van der Waals surface area contributed by atoms with Crippen molar-refractivity contribution in [1.82, 2.24) is 0 Å². The number of benzene rings is 1. The summed E-state index contributed by atoms with van der Waals surface area (Å²) in [6.07, 6.45) is 0. The largest absolute Gasteiger partial charge is 0.409 e. The number of oxime groups is 1. The number of thiophene rings is 1. The summed E-state index contributed by atoms with van der Waals surface area (Å²) >= 11 is 2.90. The molecule has 0 saturated heterocycles. The minimum atomic E-state index is -0.382. The molecule has 3 N–H and O–H groups in total. The smallest absolute Gasteiger partial charge is 0.170 e. The van der Waals surface area contributed by atoms with E-state index in [-0.39, 0.29) is 11.7 Å². The zero-order chi connectivity index (χ0) is 12.3. The van der Waals surface area contributed by atoms with Crippen LogP contribution in [0.25, 0.3) is 0 Å². The average Bonchev–Trinajstić information content (AvgIpc) is 2.83. The van der Waals surface area contributed by atoms with E-state index < -0.39 is 0 Å². The highest BCUT2D eigenvalue weighted by Crippen LogP contribution is 2.33. The summed E-state index contributed by atoms with van der Waals surface area (Å²) in [6, 6.07) is 8.33. The van der Waals surface area contributed by atoms with Crippen molar-refractivity contribution in [3.8, 4) is 0 Å². The number of amidine groups is 1. The van der Waals surface area contributed by atoms with Crippen molar-refractivity contribution in [3.63, 3.8) is 0 Å². The van der Waals surface area contributed by atoms with Crippen LogP contribution >= 0.6 is 23.1 Å². The molecular formula is C11H9FN2OS2. The lowest BCUT2D eigenvalue weighted by Crippen LogP contribution is -2.13. The highest BCUT2D eigenvalue weighted by atomic mass is 32.2.